The number of rotatable bonds is 12. The summed E-state index contributed by atoms with van der Waals surface area (Å²) in [5.41, 5.74) is 0. The number of hydrogen-bond donors (Lipinski definition) is 0. The Kier molecular flexibility index (Phi) is 9.36. The van der Waals surface area contributed by atoms with E-state index in [1.165, 1.54) is 103 Å². The molecule has 5 heterocycles. The van der Waals surface area contributed by atoms with Crippen LogP contribution in [-0.4, -0.2) is 84.5 Å². The molecular weight excluding hydrogens is 649 g/mol. The molecule has 0 radical (unpaired) electrons. The summed E-state index contributed by atoms with van der Waals surface area (Å²) in [5.74, 6) is 3.01. The van der Waals surface area contributed by atoms with Gasteiger partial charge in [0.1, 0.15) is 0 Å². The summed E-state index contributed by atoms with van der Waals surface area (Å²) < 4.78 is 53.2. The van der Waals surface area contributed by atoms with Crippen molar-refractivity contribution >= 4 is 35.7 Å². The molecule has 4 saturated carbocycles. The maximum atomic E-state index is 7.53. The molecule has 46 heavy (non-hydrogen) atoms. The standard InChI is InChI=1S/C34H60O8Si4/c1-45(17-13-25-5-9-29-33(21-25)37-29)40-43(15-11-23-3-7-27-31(19-23)35-27)39-44(16-12-24-4-8-28-32(20-24)36-28)41-46(2,42-45)18-14-26-6-10-30-34(22-26)38-30/h23-34,43-44H,3-22H2,1-2H3. The van der Waals surface area contributed by atoms with Crippen LogP contribution in [-0.2, 0) is 35.4 Å². The molecule has 0 aromatic carbocycles. The van der Waals surface area contributed by atoms with Gasteiger partial charge in [-0.2, -0.15) is 0 Å². The van der Waals surface area contributed by atoms with Gasteiger partial charge in [0.25, 0.3) is 0 Å². The molecule has 0 bridgehead atoms. The lowest BCUT2D eigenvalue weighted by Gasteiger charge is -2.45. The zero-order valence-corrected chi connectivity index (χ0v) is 32.8. The van der Waals surface area contributed by atoms with Crippen molar-refractivity contribution in [3.05, 3.63) is 0 Å². The maximum Gasteiger partial charge on any atom is 0.317 e. The van der Waals surface area contributed by atoms with Crippen molar-refractivity contribution in [1.29, 1.82) is 0 Å². The molecule has 5 saturated heterocycles. The summed E-state index contributed by atoms with van der Waals surface area (Å²) in [6.45, 7) is 4.79. The highest BCUT2D eigenvalue weighted by atomic mass is 28.5. The van der Waals surface area contributed by atoms with E-state index in [1.807, 2.05) is 0 Å². The third-order valence-corrected chi connectivity index (χ3v) is 29.6. The van der Waals surface area contributed by atoms with Gasteiger partial charge in [0.05, 0.1) is 48.8 Å². The number of ether oxygens (including phenoxy) is 4. The average molecular weight is 709 g/mol. The second-order valence-corrected chi connectivity index (χ2v) is 29.6. The Labute approximate surface area is 282 Å². The Morgan fingerprint density at radius 3 is 1.15 bits per heavy atom. The first kappa shape index (κ1) is 32.5. The predicted molar refractivity (Wildman–Crippen MR) is 184 cm³/mol. The molecule has 0 aromatic heterocycles. The van der Waals surface area contributed by atoms with Crippen molar-refractivity contribution in [2.75, 3.05) is 0 Å². The van der Waals surface area contributed by atoms with Crippen LogP contribution >= 0.6 is 0 Å². The Morgan fingerprint density at radius 1 is 0.457 bits per heavy atom. The number of epoxide rings is 4. The Hall–Kier alpha value is 0.548. The van der Waals surface area contributed by atoms with Crippen molar-refractivity contribution in [1.82, 2.24) is 0 Å². The average Bonchev–Trinajstić information content (AvgIpc) is 3.87. The highest BCUT2D eigenvalue weighted by molar-refractivity contribution is 6.87. The summed E-state index contributed by atoms with van der Waals surface area (Å²) in [7, 11) is -8.86. The lowest BCUT2D eigenvalue weighted by Crippen LogP contribution is -2.60. The van der Waals surface area contributed by atoms with E-state index in [0.29, 0.717) is 48.8 Å². The van der Waals surface area contributed by atoms with Crippen LogP contribution in [0.5, 0.6) is 0 Å². The first-order valence-corrected chi connectivity index (χ1v) is 28.2. The Balaban J connectivity index is 0.894. The molecule has 0 N–H and O–H groups in total. The van der Waals surface area contributed by atoms with Crippen LogP contribution in [0.1, 0.15) is 103 Å². The molecule has 0 aromatic rings. The third-order valence-electron chi connectivity index (χ3n) is 13.6. The zero-order chi connectivity index (χ0) is 30.9. The van der Waals surface area contributed by atoms with Crippen LogP contribution in [0.25, 0.3) is 0 Å². The lowest BCUT2D eigenvalue weighted by molar-refractivity contribution is 0.235. The molecule has 0 amide bonds. The fourth-order valence-electron chi connectivity index (χ4n) is 10.4. The summed E-state index contributed by atoms with van der Waals surface area (Å²) in [5, 5.41) is 0. The monoisotopic (exact) mass is 708 g/mol. The molecule has 9 fully saturated rings. The second-order valence-electron chi connectivity index (χ2n) is 17.4. The minimum absolute atomic E-state index is 0.533. The highest BCUT2D eigenvalue weighted by Crippen LogP contribution is 2.46. The van der Waals surface area contributed by atoms with Gasteiger partial charge in [-0.25, -0.2) is 0 Å². The van der Waals surface area contributed by atoms with Gasteiger partial charge >= 0.3 is 35.7 Å². The maximum absolute atomic E-state index is 7.53. The van der Waals surface area contributed by atoms with Gasteiger partial charge in [0, 0.05) is 0 Å². The lowest BCUT2D eigenvalue weighted by atomic mass is 9.88. The van der Waals surface area contributed by atoms with Crippen LogP contribution in [0, 0.1) is 23.7 Å². The van der Waals surface area contributed by atoms with Gasteiger partial charge in [-0.15, -0.1) is 0 Å². The summed E-state index contributed by atoms with van der Waals surface area (Å²) in [6, 6.07) is 4.36. The topological polar surface area (TPSA) is 87.0 Å². The Morgan fingerprint density at radius 2 is 0.804 bits per heavy atom. The molecule has 8 nitrogen and oxygen atoms in total. The van der Waals surface area contributed by atoms with Crippen LogP contribution in [0.2, 0.25) is 37.3 Å². The minimum atomic E-state index is -2.49. The van der Waals surface area contributed by atoms with Gasteiger partial charge in [0.2, 0.25) is 0 Å². The minimum Gasteiger partial charge on any atom is -0.420 e. The van der Waals surface area contributed by atoms with E-state index in [9.17, 15) is 0 Å². The first-order chi connectivity index (χ1) is 22.3. The van der Waals surface area contributed by atoms with E-state index < -0.39 is 35.7 Å². The third kappa shape index (κ3) is 8.03. The zero-order valence-electron chi connectivity index (χ0n) is 28.5. The van der Waals surface area contributed by atoms with E-state index in [1.54, 1.807) is 0 Å². The van der Waals surface area contributed by atoms with E-state index >= 15 is 0 Å². The van der Waals surface area contributed by atoms with E-state index in [0.717, 1.165) is 47.8 Å². The molecule has 16 atom stereocenters. The molecule has 5 aliphatic heterocycles. The predicted octanol–water partition coefficient (Wildman–Crippen LogP) is 6.48. The van der Waals surface area contributed by atoms with Crippen LogP contribution in [0.3, 0.4) is 0 Å². The Bertz CT molecular complexity index is 1010. The van der Waals surface area contributed by atoms with E-state index in [4.69, 9.17) is 35.4 Å². The first-order valence-electron chi connectivity index (χ1n) is 19.7. The molecule has 16 unspecified atom stereocenters. The fourth-order valence-corrected chi connectivity index (χ4v) is 29.7. The molecule has 12 heteroatoms. The van der Waals surface area contributed by atoms with Gasteiger partial charge in [-0.05, 0) is 164 Å². The fraction of sp³-hybridized carbons (Fsp3) is 1.00. The van der Waals surface area contributed by atoms with Gasteiger partial charge in [0.15, 0.2) is 0 Å². The molecule has 9 rings (SSSR count). The highest BCUT2D eigenvalue weighted by Gasteiger charge is 2.52. The summed E-state index contributed by atoms with van der Waals surface area (Å²) in [6.07, 6.45) is 24.4. The van der Waals surface area contributed by atoms with Crippen molar-refractivity contribution in [3.8, 4) is 0 Å². The summed E-state index contributed by atoms with van der Waals surface area (Å²) in [4.78, 5) is 0. The summed E-state index contributed by atoms with van der Waals surface area (Å²) >= 11 is 0. The van der Waals surface area contributed by atoms with E-state index in [2.05, 4.69) is 13.1 Å². The van der Waals surface area contributed by atoms with Crippen molar-refractivity contribution in [2.24, 2.45) is 23.7 Å². The van der Waals surface area contributed by atoms with E-state index in [-0.39, 0.29) is 0 Å². The van der Waals surface area contributed by atoms with Crippen LogP contribution in [0.4, 0.5) is 0 Å². The molecule has 0 spiro atoms. The number of fused-ring (bicyclic) bond motifs is 4. The molecular formula is C34H60O8Si4. The normalized spacial score (nSPS) is 53.9. The largest absolute Gasteiger partial charge is 0.420 e. The van der Waals surface area contributed by atoms with Gasteiger partial charge in [-0.1, -0.05) is 0 Å². The SMILES string of the molecule is C[Si]1(CCC2CCC3OC3C2)O[SiH](CCC2CCC3OC3C2)O[SiH](CCC2CCC3OC3C2)O[Si](C)(CCC2CCC3OC3C2)O1. The second kappa shape index (κ2) is 13.3. The quantitative estimate of drug-likeness (QED) is 0.168. The smallest absolute Gasteiger partial charge is 0.317 e. The van der Waals surface area contributed by atoms with Crippen molar-refractivity contribution < 1.29 is 35.4 Å². The molecule has 260 valence electrons. The molecule has 4 aliphatic carbocycles. The van der Waals surface area contributed by atoms with Crippen molar-refractivity contribution in [2.45, 2.75) is 189 Å². The van der Waals surface area contributed by atoms with Gasteiger partial charge in [-0.3, -0.25) is 0 Å². The number of hydrogen-bond acceptors (Lipinski definition) is 8. The van der Waals surface area contributed by atoms with Crippen molar-refractivity contribution in [3.63, 3.8) is 0 Å². The van der Waals surface area contributed by atoms with Crippen LogP contribution in [0.15, 0.2) is 0 Å². The van der Waals surface area contributed by atoms with Gasteiger partial charge < -0.3 is 35.4 Å². The van der Waals surface area contributed by atoms with Crippen LogP contribution < -0.4 is 0 Å². The molecule has 9 aliphatic rings.